The number of unbranched alkanes of at least 4 members (excludes halogenated alkanes) is 4. The fraction of sp³-hybridized carbons (Fsp3) is 0.409. The molecule has 0 fully saturated rings. The van der Waals surface area contributed by atoms with Gasteiger partial charge in [0.1, 0.15) is 6.10 Å². The van der Waals surface area contributed by atoms with Crippen molar-refractivity contribution in [3.63, 3.8) is 0 Å². The highest BCUT2D eigenvalue weighted by Gasteiger charge is 2.13. The van der Waals surface area contributed by atoms with Crippen LogP contribution in [0.2, 0.25) is 0 Å². The second-order valence-corrected chi connectivity index (χ2v) is 6.64. The van der Waals surface area contributed by atoms with Crippen LogP contribution in [0.1, 0.15) is 50.7 Å². The molecular formula is C22H28N2O. The first-order chi connectivity index (χ1) is 12.4. The Balaban J connectivity index is 1.68. The molecule has 3 heteroatoms. The van der Waals surface area contributed by atoms with Crippen LogP contribution in [0.3, 0.4) is 0 Å². The lowest BCUT2D eigenvalue weighted by atomic mass is 10.0. The summed E-state index contributed by atoms with van der Waals surface area (Å²) in [6, 6.07) is 15.1. The highest BCUT2D eigenvalue weighted by molar-refractivity contribution is 5.83. The Bertz CT molecular complexity index is 752. The molecule has 1 heterocycles. The quantitative estimate of drug-likeness (QED) is 0.440. The highest BCUT2D eigenvalue weighted by Crippen LogP contribution is 2.25. The molecule has 2 aromatic carbocycles. The highest BCUT2D eigenvalue weighted by atomic mass is 16.5. The zero-order chi connectivity index (χ0) is 17.3. The van der Waals surface area contributed by atoms with Crippen molar-refractivity contribution < 1.29 is 4.74 Å². The summed E-state index contributed by atoms with van der Waals surface area (Å²) in [6.45, 7) is 3.86. The van der Waals surface area contributed by atoms with E-state index >= 15 is 0 Å². The molecule has 3 rings (SSSR count). The van der Waals surface area contributed by atoms with Crippen molar-refractivity contribution in [3.05, 3.63) is 66.7 Å². The van der Waals surface area contributed by atoms with Gasteiger partial charge in [-0.2, -0.15) is 0 Å². The number of rotatable bonds is 10. The summed E-state index contributed by atoms with van der Waals surface area (Å²) < 4.78 is 8.38. The van der Waals surface area contributed by atoms with Gasteiger partial charge < -0.3 is 9.30 Å². The molecule has 0 radical (unpaired) electrons. The van der Waals surface area contributed by atoms with Crippen LogP contribution in [0.5, 0.6) is 0 Å². The van der Waals surface area contributed by atoms with Gasteiger partial charge in [0.25, 0.3) is 0 Å². The van der Waals surface area contributed by atoms with Crippen LogP contribution in [-0.2, 0) is 11.3 Å². The molecule has 0 aliphatic rings. The van der Waals surface area contributed by atoms with E-state index in [1.165, 1.54) is 42.0 Å². The maximum atomic E-state index is 6.28. The van der Waals surface area contributed by atoms with Crippen molar-refractivity contribution in [2.24, 2.45) is 0 Å². The Hall–Kier alpha value is -2.13. The average Bonchev–Trinajstić information content (AvgIpc) is 3.16. The van der Waals surface area contributed by atoms with Gasteiger partial charge in [-0.05, 0) is 28.8 Å². The van der Waals surface area contributed by atoms with Gasteiger partial charge >= 0.3 is 0 Å². The zero-order valence-corrected chi connectivity index (χ0v) is 15.1. The van der Waals surface area contributed by atoms with Gasteiger partial charge in [-0.15, -0.1) is 0 Å². The Morgan fingerprint density at radius 3 is 2.64 bits per heavy atom. The predicted molar refractivity (Wildman–Crippen MR) is 104 cm³/mol. The lowest BCUT2D eigenvalue weighted by molar-refractivity contribution is 0.0380. The van der Waals surface area contributed by atoms with Crippen LogP contribution in [0.25, 0.3) is 10.8 Å². The smallest absolute Gasteiger partial charge is 0.100 e. The van der Waals surface area contributed by atoms with Crippen molar-refractivity contribution in [2.45, 2.75) is 51.7 Å². The number of fused-ring (bicyclic) bond motifs is 1. The molecule has 0 saturated heterocycles. The maximum Gasteiger partial charge on any atom is 0.100 e. The summed E-state index contributed by atoms with van der Waals surface area (Å²) in [6.07, 6.45) is 12.0. The van der Waals surface area contributed by atoms with Crippen LogP contribution in [-0.4, -0.2) is 16.2 Å². The first-order valence-electron chi connectivity index (χ1n) is 9.43. The van der Waals surface area contributed by atoms with Crippen molar-refractivity contribution in [1.82, 2.24) is 9.55 Å². The molecule has 3 aromatic rings. The number of imidazole rings is 1. The average molecular weight is 336 g/mol. The van der Waals surface area contributed by atoms with E-state index in [0.29, 0.717) is 0 Å². The predicted octanol–water partition coefficient (Wildman–Crippen LogP) is 5.76. The van der Waals surface area contributed by atoms with Gasteiger partial charge in [-0.3, -0.25) is 0 Å². The van der Waals surface area contributed by atoms with E-state index in [1.54, 1.807) is 0 Å². The molecule has 0 amide bonds. The first kappa shape index (κ1) is 17.7. The first-order valence-corrected chi connectivity index (χ1v) is 9.43. The van der Waals surface area contributed by atoms with E-state index in [0.717, 1.165) is 19.6 Å². The summed E-state index contributed by atoms with van der Waals surface area (Å²) in [4.78, 5) is 4.16. The molecule has 0 bridgehead atoms. The Labute approximate surface area is 150 Å². The number of nitrogens with zero attached hydrogens (tertiary/aromatic N) is 2. The minimum absolute atomic E-state index is 0.0602. The molecule has 25 heavy (non-hydrogen) atoms. The number of aromatic nitrogens is 2. The van der Waals surface area contributed by atoms with E-state index < -0.39 is 0 Å². The number of hydrogen-bond acceptors (Lipinski definition) is 2. The summed E-state index contributed by atoms with van der Waals surface area (Å²) in [5, 5.41) is 2.54. The second-order valence-electron chi connectivity index (χ2n) is 6.64. The topological polar surface area (TPSA) is 27.1 Å². The van der Waals surface area contributed by atoms with Gasteiger partial charge in [-0.1, -0.05) is 69.0 Å². The minimum Gasteiger partial charge on any atom is -0.372 e. The van der Waals surface area contributed by atoms with Gasteiger partial charge in [-0.25, -0.2) is 4.98 Å². The van der Waals surface area contributed by atoms with Crippen molar-refractivity contribution >= 4 is 10.8 Å². The van der Waals surface area contributed by atoms with E-state index in [9.17, 15) is 0 Å². The maximum absolute atomic E-state index is 6.28. The molecule has 0 spiro atoms. The number of hydrogen-bond donors (Lipinski definition) is 0. The van der Waals surface area contributed by atoms with Crippen LogP contribution in [0, 0.1) is 0 Å². The number of benzene rings is 2. The summed E-state index contributed by atoms with van der Waals surface area (Å²) in [5.74, 6) is 0. The second kappa shape index (κ2) is 9.38. The van der Waals surface area contributed by atoms with E-state index in [2.05, 4.69) is 58.9 Å². The molecule has 3 nitrogen and oxygen atoms in total. The third-order valence-corrected chi connectivity index (χ3v) is 4.65. The molecule has 0 aliphatic heterocycles. The van der Waals surface area contributed by atoms with Gasteiger partial charge in [0.2, 0.25) is 0 Å². The van der Waals surface area contributed by atoms with Crippen LogP contribution in [0.4, 0.5) is 0 Å². The fourth-order valence-electron chi connectivity index (χ4n) is 3.18. The Morgan fingerprint density at radius 2 is 1.84 bits per heavy atom. The lowest BCUT2D eigenvalue weighted by Crippen LogP contribution is -2.13. The van der Waals surface area contributed by atoms with E-state index in [4.69, 9.17) is 4.74 Å². The molecular weight excluding hydrogens is 308 g/mol. The molecule has 1 aromatic heterocycles. The standard InChI is InChI=1S/C22H28N2O/c1-2-3-4-5-8-15-25-22(17-24-14-13-23-18-24)21-12-11-19-9-6-7-10-20(19)16-21/h6-7,9-14,16,18,22H,2-5,8,15,17H2,1H3. The summed E-state index contributed by atoms with van der Waals surface area (Å²) in [7, 11) is 0. The third kappa shape index (κ3) is 5.17. The van der Waals surface area contributed by atoms with Crippen molar-refractivity contribution in [2.75, 3.05) is 6.61 Å². The third-order valence-electron chi connectivity index (χ3n) is 4.65. The zero-order valence-electron chi connectivity index (χ0n) is 15.1. The monoisotopic (exact) mass is 336 g/mol. The summed E-state index contributed by atoms with van der Waals surface area (Å²) in [5.41, 5.74) is 1.24. The molecule has 0 aliphatic carbocycles. The van der Waals surface area contributed by atoms with Crippen LogP contribution in [0.15, 0.2) is 61.2 Å². The van der Waals surface area contributed by atoms with Gasteiger partial charge in [0.15, 0.2) is 0 Å². The SMILES string of the molecule is CCCCCCCOC(Cn1ccnc1)c1ccc2ccccc2c1. The Morgan fingerprint density at radius 1 is 1.00 bits per heavy atom. The molecule has 132 valence electrons. The van der Waals surface area contributed by atoms with E-state index in [1.807, 2.05) is 18.7 Å². The van der Waals surface area contributed by atoms with Gasteiger partial charge in [0.05, 0.1) is 12.9 Å². The van der Waals surface area contributed by atoms with Crippen LogP contribution >= 0.6 is 0 Å². The Kier molecular flexibility index (Phi) is 6.63. The summed E-state index contributed by atoms with van der Waals surface area (Å²) >= 11 is 0. The normalized spacial score (nSPS) is 12.5. The van der Waals surface area contributed by atoms with Crippen LogP contribution < -0.4 is 0 Å². The minimum atomic E-state index is 0.0602. The molecule has 0 saturated carbocycles. The number of ether oxygens (including phenoxy) is 1. The molecule has 1 atom stereocenters. The van der Waals surface area contributed by atoms with Crippen molar-refractivity contribution in [3.8, 4) is 0 Å². The fourth-order valence-corrected chi connectivity index (χ4v) is 3.18. The van der Waals surface area contributed by atoms with Crippen molar-refractivity contribution in [1.29, 1.82) is 0 Å². The molecule has 0 N–H and O–H groups in total. The van der Waals surface area contributed by atoms with Gasteiger partial charge in [0, 0.05) is 19.0 Å². The largest absolute Gasteiger partial charge is 0.372 e. The van der Waals surface area contributed by atoms with E-state index in [-0.39, 0.29) is 6.10 Å². The molecule has 1 unspecified atom stereocenters. The lowest BCUT2D eigenvalue weighted by Gasteiger charge is -2.19.